The van der Waals surface area contributed by atoms with E-state index in [-0.39, 0.29) is 0 Å². The van der Waals surface area contributed by atoms with Crippen molar-refractivity contribution in [3.63, 3.8) is 0 Å². The van der Waals surface area contributed by atoms with Crippen molar-refractivity contribution in [3.05, 3.63) is 35.9 Å². The number of carbonyl (C=O) groups excluding carboxylic acids is 1. The van der Waals surface area contributed by atoms with E-state index in [4.69, 9.17) is 0 Å². The fourth-order valence-corrected chi connectivity index (χ4v) is 2.16. The number of urea groups is 1. The molecule has 21 heavy (non-hydrogen) atoms. The molecule has 0 aliphatic carbocycles. The van der Waals surface area contributed by atoms with E-state index >= 15 is 0 Å². The van der Waals surface area contributed by atoms with Crippen LogP contribution in [0.2, 0.25) is 0 Å². The predicted octanol–water partition coefficient (Wildman–Crippen LogP) is 2.56. The Hall–Kier alpha value is -2.04. The molecule has 1 aromatic rings. The van der Waals surface area contributed by atoms with Crippen LogP contribution in [0.1, 0.15) is 38.7 Å². The van der Waals surface area contributed by atoms with E-state index in [1.165, 1.54) is 12.5 Å². The van der Waals surface area contributed by atoms with Crippen LogP contribution in [0.3, 0.4) is 0 Å². The predicted molar refractivity (Wildman–Crippen MR) is 82.2 cm³/mol. The lowest BCUT2D eigenvalue weighted by Gasteiger charge is -2.25. The Balaban J connectivity index is 2.32. The number of nitrogens with one attached hydrogen (secondary N) is 2. The third-order valence-electron chi connectivity index (χ3n) is 3.38. The zero-order valence-electron chi connectivity index (χ0n) is 12.7. The Labute approximate surface area is 125 Å². The van der Waals surface area contributed by atoms with Gasteiger partial charge in [0.05, 0.1) is 0 Å². The molecule has 0 heterocycles. The maximum absolute atomic E-state index is 11.8. The fourth-order valence-electron chi connectivity index (χ4n) is 2.16. The maximum Gasteiger partial charge on any atom is 0.329 e. The summed E-state index contributed by atoms with van der Waals surface area (Å²) >= 11 is 0. The van der Waals surface area contributed by atoms with Crippen LogP contribution in [0.5, 0.6) is 0 Å². The molecule has 0 spiro atoms. The van der Waals surface area contributed by atoms with Crippen molar-refractivity contribution in [1.29, 1.82) is 0 Å². The van der Waals surface area contributed by atoms with Crippen LogP contribution in [0.4, 0.5) is 4.79 Å². The van der Waals surface area contributed by atoms with Gasteiger partial charge in [0, 0.05) is 6.54 Å². The summed E-state index contributed by atoms with van der Waals surface area (Å²) in [6.07, 6.45) is 2.79. The summed E-state index contributed by atoms with van der Waals surface area (Å²) in [5.74, 6) is -1.01. The molecule has 0 saturated carbocycles. The molecule has 1 rings (SSSR count). The van der Waals surface area contributed by atoms with Crippen molar-refractivity contribution in [1.82, 2.24) is 10.6 Å². The number of benzene rings is 1. The number of hydrogen-bond acceptors (Lipinski definition) is 2. The van der Waals surface area contributed by atoms with Gasteiger partial charge >= 0.3 is 12.0 Å². The molecule has 2 amide bonds. The first kappa shape index (κ1) is 17.0. The Morgan fingerprint density at radius 2 is 1.90 bits per heavy atom. The molecule has 0 fully saturated rings. The second-order valence-electron chi connectivity index (χ2n) is 5.36. The molecule has 0 aliphatic rings. The van der Waals surface area contributed by atoms with Gasteiger partial charge in [0.15, 0.2) is 0 Å². The SMILES string of the molecule is CCCC(C)(NC(=O)NCCCc1ccccc1)C(=O)O. The number of carboxylic acid groups (broad SMARTS) is 1. The maximum atomic E-state index is 11.8. The number of aryl methyl sites for hydroxylation is 1. The highest BCUT2D eigenvalue weighted by molar-refractivity contribution is 5.85. The molecule has 116 valence electrons. The molecule has 1 aromatic carbocycles. The first-order valence-electron chi connectivity index (χ1n) is 7.31. The van der Waals surface area contributed by atoms with Gasteiger partial charge in [-0.15, -0.1) is 0 Å². The van der Waals surface area contributed by atoms with E-state index in [2.05, 4.69) is 10.6 Å². The Bertz CT molecular complexity index is 462. The summed E-state index contributed by atoms with van der Waals surface area (Å²) in [5, 5.41) is 14.4. The minimum Gasteiger partial charge on any atom is -0.480 e. The first-order valence-corrected chi connectivity index (χ1v) is 7.31. The van der Waals surface area contributed by atoms with Gasteiger partial charge in [-0.1, -0.05) is 43.7 Å². The van der Waals surface area contributed by atoms with E-state index in [0.717, 1.165) is 12.8 Å². The summed E-state index contributed by atoms with van der Waals surface area (Å²) in [4.78, 5) is 23.0. The highest BCUT2D eigenvalue weighted by atomic mass is 16.4. The summed E-state index contributed by atoms with van der Waals surface area (Å²) in [7, 11) is 0. The topological polar surface area (TPSA) is 78.4 Å². The molecule has 0 aliphatic heterocycles. The molecular formula is C16H24N2O3. The fraction of sp³-hybridized carbons (Fsp3) is 0.500. The average molecular weight is 292 g/mol. The standard InChI is InChI=1S/C16H24N2O3/c1-3-11-16(2,14(19)20)18-15(21)17-12-7-10-13-8-5-4-6-9-13/h4-6,8-9H,3,7,10-12H2,1-2H3,(H,19,20)(H2,17,18,21). The van der Waals surface area contributed by atoms with Crippen molar-refractivity contribution in [2.24, 2.45) is 0 Å². The molecule has 3 N–H and O–H groups in total. The number of amides is 2. The average Bonchev–Trinajstić information content (AvgIpc) is 2.45. The zero-order valence-corrected chi connectivity index (χ0v) is 12.7. The number of carboxylic acids is 1. The molecule has 0 bridgehead atoms. The van der Waals surface area contributed by atoms with Gasteiger partial charge in [-0.3, -0.25) is 0 Å². The highest BCUT2D eigenvalue weighted by Gasteiger charge is 2.33. The molecule has 0 radical (unpaired) electrons. The van der Waals surface area contributed by atoms with Crippen molar-refractivity contribution in [2.75, 3.05) is 6.54 Å². The Morgan fingerprint density at radius 3 is 2.48 bits per heavy atom. The van der Waals surface area contributed by atoms with Crippen LogP contribution in [-0.2, 0) is 11.2 Å². The van der Waals surface area contributed by atoms with Crippen LogP contribution in [-0.4, -0.2) is 29.2 Å². The van der Waals surface area contributed by atoms with Crippen LogP contribution in [0, 0.1) is 0 Å². The van der Waals surface area contributed by atoms with Crippen LogP contribution >= 0.6 is 0 Å². The number of rotatable bonds is 8. The van der Waals surface area contributed by atoms with Crippen molar-refractivity contribution in [3.8, 4) is 0 Å². The molecule has 0 aromatic heterocycles. The summed E-state index contributed by atoms with van der Waals surface area (Å²) in [5.41, 5.74) is 0.0132. The second-order valence-corrected chi connectivity index (χ2v) is 5.36. The van der Waals surface area contributed by atoms with Crippen LogP contribution in [0.15, 0.2) is 30.3 Å². The van der Waals surface area contributed by atoms with E-state index in [1.54, 1.807) is 0 Å². The van der Waals surface area contributed by atoms with Gasteiger partial charge in [0.1, 0.15) is 5.54 Å². The first-order chi connectivity index (χ1) is 9.98. The normalized spacial score (nSPS) is 13.2. The molecule has 0 saturated heterocycles. The highest BCUT2D eigenvalue weighted by Crippen LogP contribution is 2.12. The summed E-state index contributed by atoms with van der Waals surface area (Å²) < 4.78 is 0. The van der Waals surface area contributed by atoms with Gasteiger partial charge in [0.2, 0.25) is 0 Å². The van der Waals surface area contributed by atoms with E-state index in [0.29, 0.717) is 19.4 Å². The van der Waals surface area contributed by atoms with Gasteiger partial charge in [0.25, 0.3) is 0 Å². The lowest BCUT2D eigenvalue weighted by atomic mass is 9.97. The van der Waals surface area contributed by atoms with Crippen molar-refractivity contribution >= 4 is 12.0 Å². The lowest BCUT2D eigenvalue weighted by Crippen LogP contribution is -2.55. The second kappa shape index (κ2) is 8.29. The summed E-state index contributed by atoms with van der Waals surface area (Å²) in [6.45, 7) is 3.94. The van der Waals surface area contributed by atoms with E-state index in [1.807, 2.05) is 37.3 Å². The largest absolute Gasteiger partial charge is 0.480 e. The van der Waals surface area contributed by atoms with Crippen molar-refractivity contribution < 1.29 is 14.7 Å². The van der Waals surface area contributed by atoms with Gasteiger partial charge in [-0.05, 0) is 31.7 Å². The minimum atomic E-state index is -1.21. The van der Waals surface area contributed by atoms with Gasteiger partial charge in [-0.25, -0.2) is 9.59 Å². The molecular weight excluding hydrogens is 268 g/mol. The summed E-state index contributed by atoms with van der Waals surface area (Å²) in [6, 6.07) is 9.60. The van der Waals surface area contributed by atoms with Crippen LogP contribution < -0.4 is 10.6 Å². The molecule has 1 atom stereocenters. The number of carbonyl (C=O) groups is 2. The molecule has 5 heteroatoms. The third kappa shape index (κ3) is 5.85. The van der Waals surface area contributed by atoms with Crippen molar-refractivity contribution in [2.45, 2.75) is 45.1 Å². The smallest absolute Gasteiger partial charge is 0.329 e. The minimum absolute atomic E-state index is 0.403. The zero-order chi connectivity index (χ0) is 15.7. The lowest BCUT2D eigenvalue weighted by molar-refractivity contribution is -0.144. The Morgan fingerprint density at radius 1 is 1.24 bits per heavy atom. The van der Waals surface area contributed by atoms with Gasteiger partial charge < -0.3 is 15.7 Å². The number of hydrogen-bond donors (Lipinski definition) is 3. The Kier molecular flexibility index (Phi) is 6.72. The quantitative estimate of drug-likeness (QED) is 0.644. The molecule has 1 unspecified atom stereocenters. The van der Waals surface area contributed by atoms with E-state index in [9.17, 15) is 14.7 Å². The monoisotopic (exact) mass is 292 g/mol. The van der Waals surface area contributed by atoms with Crippen LogP contribution in [0.25, 0.3) is 0 Å². The molecule has 5 nitrogen and oxygen atoms in total. The third-order valence-corrected chi connectivity index (χ3v) is 3.38. The van der Waals surface area contributed by atoms with Gasteiger partial charge in [-0.2, -0.15) is 0 Å². The van der Waals surface area contributed by atoms with E-state index < -0.39 is 17.5 Å². The number of aliphatic carboxylic acids is 1.